The van der Waals surface area contributed by atoms with Gasteiger partial charge in [-0.25, -0.2) is 14.3 Å². The summed E-state index contributed by atoms with van der Waals surface area (Å²) in [5.41, 5.74) is 4.03. The van der Waals surface area contributed by atoms with Crippen LogP contribution in [-0.4, -0.2) is 91.8 Å². The van der Waals surface area contributed by atoms with Crippen molar-refractivity contribution in [3.8, 4) is 5.75 Å². The topological polar surface area (TPSA) is 121 Å². The van der Waals surface area contributed by atoms with Gasteiger partial charge in [-0.05, 0) is 80.5 Å². The molecule has 3 atom stereocenters. The van der Waals surface area contributed by atoms with Crippen molar-refractivity contribution in [1.82, 2.24) is 29.1 Å². The molecular formula is C35H43N7O4S. The number of pyridine rings is 3. The standard InChI is InChI=1S/C35H43N7O4S/c1-8-31(43)42-19-24(5)47-41(18-23(42)4)20-30(29-12-11-26(15-36-29)25-9-10-25)46-28-14-21(2)32(37-17-28)34(44)39-33-22(3)13-27(16-38-33)35(45)40(6)7/h8,11-17,23-25,30H,1,9-10,18-20H2,2-7H3,(H,38,39,44)/t23-,24+,30?/m1/s1. The number of ether oxygens (including phenoxy) is 1. The Hall–Kier alpha value is -4.29. The third-order valence-electron chi connectivity index (χ3n) is 8.31. The summed E-state index contributed by atoms with van der Waals surface area (Å²) < 4.78 is 8.83. The fourth-order valence-electron chi connectivity index (χ4n) is 5.63. The van der Waals surface area contributed by atoms with Gasteiger partial charge in [-0.2, -0.15) is 0 Å². The molecule has 12 heteroatoms. The Balaban J connectivity index is 1.33. The zero-order valence-corrected chi connectivity index (χ0v) is 28.7. The van der Waals surface area contributed by atoms with Crippen LogP contribution in [0.2, 0.25) is 0 Å². The van der Waals surface area contributed by atoms with E-state index in [-0.39, 0.29) is 28.8 Å². The van der Waals surface area contributed by atoms with Crippen molar-refractivity contribution in [2.75, 3.05) is 39.0 Å². The van der Waals surface area contributed by atoms with E-state index in [4.69, 9.17) is 9.72 Å². The largest absolute Gasteiger partial charge is 0.481 e. The van der Waals surface area contributed by atoms with Gasteiger partial charge in [0.1, 0.15) is 17.3 Å². The van der Waals surface area contributed by atoms with E-state index >= 15 is 0 Å². The van der Waals surface area contributed by atoms with E-state index in [1.165, 1.54) is 35.6 Å². The predicted octanol–water partition coefficient (Wildman–Crippen LogP) is 5.20. The van der Waals surface area contributed by atoms with Crippen LogP contribution in [0.25, 0.3) is 0 Å². The summed E-state index contributed by atoms with van der Waals surface area (Å²) in [6.07, 6.45) is 8.30. The summed E-state index contributed by atoms with van der Waals surface area (Å²) in [5, 5.41) is 3.00. The Kier molecular flexibility index (Phi) is 10.6. The lowest BCUT2D eigenvalue weighted by atomic mass is 10.1. The first-order chi connectivity index (χ1) is 22.4. The molecule has 248 valence electrons. The SMILES string of the molecule is C=CC(=O)N1C[C@H](C)SN(CC(Oc2cnc(C(=O)Nc3ncc(C(=O)N(C)C)cc3C)c(C)c2)c2ccc(C3CC3)cn2)C[C@H]1C. The molecule has 3 aromatic rings. The first-order valence-electron chi connectivity index (χ1n) is 15.9. The summed E-state index contributed by atoms with van der Waals surface area (Å²) >= 11 is 1.71. The average Bonchev–Trinajstić information content (AvgIpc) is 3.90. The third-order valence-corrected chi connectivity index (χ3v) is 9.41. The van der Waals surface area contributed by atoms with E-state index < -0.39 is 12.0 Å². The first-order valence-corrected chi connectivity index (χ1v) is 16.7. The lowest BCUT2D eigenvalue weighted by Crippen LogP contribution is -2.43. The highest BCUT2D eigenvalue weighted by Crippen LogP contribution is 2.40. The summed E-state index contributed by atoms with van der Waals surface area (Å²) in [4.78, 5) is 55.0. The van der Waals surface area contributed by atoms with Gasteiger partial charge in [0.05, 0.1) is 24.0 Å². The molecule has 1 aliphatic heterocycles. The molecule has 1 aliphatic carbocycles. The average molecular weight is 658 g/mol. The smallest absolute Gasteiger partial charge is 0.275 e. The second kappa shape index (κ2) is 14.6. The zero-order valence-electron chi connectivity index (χ0n) is 27.9. The lowest BCUT2D eigenvalue weighted by Gasteiger charge is -2.29. The van der Waals surface area contributed by atoms with Crippen molar-refractivity contribution < 1.29 is 19.1 Å². The van der Waals surface area contributed by atoms with Crippen molar-refractivity contribution in [2.24, 2.45) is 0 Å². The monoisotopic (exact) mass is 657 g/mol. The van der Waals surface area contributed by atoms with Crippen molar-refractivity contribution in [1.29, 1.82) is 0 Å². The van der Waals surface area contributed by atoms with E-state index in [9.17, 15) is 14.4 Å². The molecule has 2 fully saturated rings. The van der Waals surface area contributed by atoms with Crippen LogP contribution in [0, 0.1) is 13.8 Å². The second-order valence-corrected chi connectivity index (χ2v) is 14.1. The van der Waals surface area contributed by atoms with Crippen molar-refractivity contribution >= 4 is 35.5 Å². The number of carbonyl (C=O) groups is 3. The number of nitrogens with one attached hydrogen (secondary N) is 1. The van der Waals surface area contributed by atoms with Gasteiger partial charge in [0, 0.05) is 50.9 Å². The van der Waals surface area contributed by atoms with Gasteiger partial charge in [0.2, 0.25) is 5.91 Å². The number of nitrogens with zero attached hydrogens (tertiary/aromatic N) is 6. The van der Waals surface area contributed by atoms with E-state index in [1.54, 1.807) is 51.3 Å². The highest BCUT2D eigenvalue weighted by molar-refractivity contribution is 7.97. The molecule has 4 heterocycles. The maximum Gasteiger partial charge on any atom is 0.275 e. The number of amides is 3. The van der Waals surface area contributed by atoms with Gasteiger partial charge in [-0.3, -0.25) is 19.4 Å². The van der Waals surface area contributed by atoms with Crippen LogP contribution in [-0.2, 0) is 4.79 Å². The maximum absolute atomic E-state index is 13.2. The Morgan fingerprint density at radius 1 is 1.06 bits per heavy atom. The molecule has 0 radical (unpaired) electrons. The molecule has 5 rings (SSSR count). The zero-order chi connectivity index (χ0) is 33.8. The number of hydrogen-bond acceptors (Lipinski definition) is 9. The fourth-order valence-corrected chi connectivity index (χ4v) is 6.89. The quantitative estimate of drug-likeness (QED) is 0.232. The van der Waals surface area contributed by atoms with Crippen LogP contribution in [0.15, 0.2) is 55.5 Å². The summed E-state index contributed by atoms with van der Waals surface area (Å²) in [5.74, 6) is 0.830. The van der Waals surface area contributed by atoms with E-state index in [2.05, 4.69) is 46.1 Å². The minimum Gasteiger partial charge on any atom is -0.481 e. The molecule has 1 N–H and O–H groups in total. The summed E-state index contributed by atoms with van der Waals surface area (Å²) in [6, 6.07) is 7.67. The van der Waals surface area contributed by atoms with Crippen LogP contribution in [0.3, 0.4) is 0 Å². The summed E-state index contributed by atoms with van der Waals surface area (Å²) in [7, 11) is 3.35. The van der Waals surface area contributed by atoms with Crippen molar-refractivity contribution in [3.05, 3.63) is 89.2 Å². The lowest BCUT2D eigenvalue weighted by molar-refractivity contribution is -0.127. The molecule has 0 aromatic carbocycles. The highest BCUT2D eigenvalue weighted by atomic mass is 32.2. The first kappa shape index (κ1) is 34.1. The van der Waals surface area contributed by atoms with Crippen LogP contribution in [0.1, 0.15) is 81.9 Å². The number of rotatable bonds is 10. The molecule has 2 aliphatic rings. The minimum absolute atomic E-state index is 0.00619. The Morgan fingerprint density at radius 3 is 2.45 bits per heavy atom. The van der Waals surface area contributed by atoms with Gasteiger partial charge in [0.15, 0.2) is 6.10 Å². The molecular weight excluding hydrogens is 614 g/mol. The number of carbonyl (C=O) groups excluding carboxylic acids is 3. The molecule has 0 spiro atoms. The molecule has 3 aromatic heterocycles. The highest BCUT2D eigenvalue weighted by Gasteiger charge is 2.31. The minimum atomic E-state index is -0.423. The molecule has 0 bridgehead atoms. The third kappa shape index (κ3) is 8.36. The number of aryl methyl sites for hydroxylation is 2. The molecule has 47 heavy (non-hydrogen) atoms. The number of anilines is 1. The molecule has 11 nitrogen and oxygen atoms in total. The van der Waals surface area contributed by atoms with Gasteiger partial charge in [0.25, 0.3) is 11.8 Å². The van der Waals surface area contributed by atoms with E-state index in [0.717, 1.165) is 5.69 Å². The molecule has 3 amide bonds. The van der Waals surface area contributed by atoms with Crippen LogP contribution in [0.4, 0.5) is 5.82 Å². The van der Waals surface area contributed by atoms with Crippen LogP contribution >= 0.6 is 11.9 Å². The van der Waals surface area contributed by atoms with E-state index in [0.29, 0.717) is 53.8 Å². The number of hydrogen-bond donors (Lipinski definition) is 1. The molecule has 1 saturated carbocycles. The normalized spacial score (nSPS) is 19.0. The second-order valence-electron chi connectivity index (χ2n) is 12.6. The predicted molar refractivity (Wildman–Crippen MR) is 183 cm³/mol. The van der Waals surface area contributed by atoms with Gasteiger partial charge < -0.3 is 19.9 Å². The van der Waals surface area contributed by atoms with Gasteiger partial charge >= 0.3 is 0 Å². The Bertz CT molecular complexity index is 1640. The van der Waals surface area contributed by atoms with E-state index in [1.807, 2.05) is 24.1 Å². The Labute approximate surface area is 280 Å². The van der Waals surface area contributed by atoms with Crippen molar-refractivity contribution in [3.63, 3.8) is 0 Å². The number of aromatic nitrogens is 3. The van der Waals surface area contributed by atoms with Crippen LogP contribution < -0.4 is 10.1 Å². The molecule has 1 unspecified atom stereocenters. The van der Waals surface area contributed by atoms with Crippen molar-refractivity contribution in [2.45, 2.75) is 63.9 Å². The van der Waals surface area contributed by atoms with Gasteiger partial charge in [-0.1, -0.05) is 31.5 Å². The van der Waals surface area contributed by atoms with Crippen LogP contribution in [0.5, 0.6) is 5.75 Å². The Morgan fingerprint density at radius 2 is 1.83 bits per heavy atom. The fraction of sp³-hybridized carbons (Fsp3) is 0.429. The summed E-state index contributed by atoms with van der Waals surface area (Å²) in [6.45, 7) is 13.3. The maximum atomic E-state index is 13.2. The van der Waals surface area contributed by atoms with Gasteiger partial charge in [-0.15, -0.1) is 0 Å². The molecule has 1 saturated heterocycles.